The van der Waals surface area contributed by atoms with Gasteiger partial charge in [0.05, 0.1) is 11.8 Å². The summed E-state index contributed by atoms with van der Waals surface area (Å²) in [5.74, 6) is -0.207. The van der Waals surface area contributed by atoms with Gasteiger partial charge in [0.1, 0.15) is 5.82 Å². The number of amides is 1. The Hall–Kier alpha value is -2.09. The molecule has 0 aliphatic heterocycles. The summed E-state index contributed by atoms with van der Waals surface area (Å²) in [4.78, 5) is 25.8. The van der Waals surface area contributed by atoms with Crippen LogP contribution in [-0.4, -0.2) is 38.4 Å². The first-order valence-corrected chi connectivity index (χ1v) is 9.21. The van der Waals surface area contributed by atoms with Crippen LogP contribution in [0, 0.1) is 5.82 Å². The van der Waals surface area contributed by atoms with Crippen molar-refractivity contribution >= 4 is 17.7 Å². The number of carbonyl (C=O) groups is 1. The lowest BCUT2D eigenvalue weighted by Gasteiger charge is -2.25. The second kappa shape index (κ2) is 8.84. The fourth-order valence-corrected chi connectivity index (χ4v) is 3.23. The van der Waals surface area contributed by atoms with E-state index in [0.29, 0.717) is 11.7 Å². The number of aromatic amines is 1. The van der Waals surface area contributed by atoms with E-state index in [9.17, 15) is 14.0 Å². The number of halogens is 1. The standard InChI is InChI=1S/C17H23FN4O2S/c1-4-5-10-22-16(24)19-20-17(22)25-11-15(23)21(3)12(2)13-6-8-14(18)9-7-13/h6-9,12H,4-5,10-11H2,1-3H3,(H,19,24). The Morgan fingerprint density at radius 2 is 2.08 bits per heavy atom. The third-order valence-corrected chi connectivity index (χ3v) is 5.07. The summed E-state index contributed by atoms with van der Waals surface area (Å²) in [6.07, 6.45) is 1.85. The fourth-order valence-electron chi connectivity index (χ4n) is 2.34. The molecule has 8 heteroatoms. The fraction of sp³-hybridized carbons (Fsp3) is 0.471. The van der Waals surface area contributed by atoms with E-state index in [1.807, 2.05) is 13.8 Å². The molecule has 1 aromatic heterocycles. The minimum absolute atomic E-state index is 0.0840. The number of thioether (sulfide) groups is 1. The molecule has 0 fully saturated rings. The Kier molecular flexibility index (Phi) is 6.81. The van der Waals surface area contributed by atoms with Crippen LogP contribution >= 0.6 is 11.8 Å². The lowest BCUT2D eigenvalue weighted by atomic mass is 10.1. The zero-order chi connectivity index (χ0) is 18.4. The highest BCUT2D eigenvalue weighted by atomic mass is 32.2. The SMILES string of the molecule is CCCCn1c(SCC(=O)N(C)C(C)c2ccc(F)cc2)n[nH]c1=O. The van der Waals surface area contributed by atoms with E-state index < -0.39 is 0 Å². The monoisotopic (exact) mass is 366 g/mol. The smallest absolute Gasteiger partial charge is 0.338 e. The van der Waals surface area contributed by atoms with Crippen LogP contribution in [0.1, 0.15) is 38.3 Å². The first-order valence-electron chi connectivity index (χ1n) is 8.23. The molecular weight excluding hydrogens is 343 g/mol. The average molecular weight is 366 g/mol. The predicted octanol–water partition coefficient (Wildman–Crippen LogP) is 2.82. The van der Waals surface area contributed by atoms with Crippen LogP contribution in [0.3, 0.4) is 0 Å². The lowest BCUT2D eigenvalue weighted by Crippen LogP contribution is -2.31. The first-order chi connectivity index (χ1) is 11.9. The van der Waals surface area contributed by atoms with Crippen molar-refractivity contribution in [3.05, 3.63) is 46.1 Å². The number of nitrogens with zero attached hydrogens (tertiary/aromatic N) is 3. The van der Waals surface area contributed by atoms with Crippen LogP contribution in [0.25, 0.3) is 0 Å². The third kappa shape index (κ3) is 4.94. The maximum Gasteiger partial charge on any atom is 0.343 e. The van der Waals surface area contributed by atoms with Gasteiger partial charge in [-0.3, -0.25) is 9.36 Å². The summed E-state index contributed by atoms with van der Waals surface area (Å²) in [5, 5.41) is 6.94. The highest BCUT2D eigenvalue weighted by Gasteiger charge is 2.19. The molecule has 1 amide bonds. The second-order valence-corrected chi connectivity index (χ2v) is 6.78. The summed E-state index contributed by atoms with van der Waals surface area (Å²) >= 11 is 1.24. The number of nitrogens with one attached hydrogen (secondary N) is 1. The molecular formula is C17H23FN4O2S. The van der Waals surface area contributed by atoms with E-state index in [1.54, 1.807) is 28.6 Å². The van der Waals surface area contributed by atoms with Gasteiger partial charge >= 0.3 is 5.69 Å². The summed E-state index contributed by atoms with van der Waals surface area (Å²) in [5.41, 5.74) is 0.610. The molecule has 0 aliphatic rings. The van der Waals surface area contributed by atoms with Crippen molar-refractivity contribution in [1.29, 1.82) is 0 Å². The van der Waals surface area contributed by atoms with Crippen molar-refractivity contribution in [2.75, 3.05) is 12.8 Å². The Morgan fingerprint density at radius 3 is 2.72 bits per heavy atom. The van der Waals surface area contributed by atoms with Gasteiger partial charge in [0.2, 0.25) is 5.91 Å². The molecule has 1 N–H and O–H groups in total. The van der Waals surface area contributed by atoms with Crippen LogP contribution in [0.15, 0.2) is 34.2 Å². The number of benzene rings is 1. The van der Waals surface area contributed by atoms with Gasteiger partial charge in [-0.25, -0.2) is 14.3 Å². The molecule has 136 valence electrons. The summed E-state index contributed by atoms with van der Waals surface area (Å²) in [6.45, 7) is 4.53. The van der Waals surface area contributed by atoms with Gasteiger partial charge in [-0.1, -0.05) is 37.2 Å². The minimum atomic E-state index is -0.302. The Morgan fingerprint density at radius 1 is 1.40 bits per heavy atom. The zero-order valence-electron chi connectivity index (χ0n) is 14.7. The molecule has 1 aromatic carbocycles. The van der Waals surface area contributed by atoms with Crippen molar-refractivity contribution in [3.8, 4) is 0 Å². The average Bonchev–Trinajstić information content (AvgIpc) is 2.97. The molecule has 0 radical (unpaired) electrons. The quantitative estimate of drug-likeness (QED) is 0.729. The number of carbonyl (C=O) groups excluding carboxylic acids is 1. The van der Waals surface area contributed by atoms with Gasteiger partial charge < -0.3 is 4.90 Å². The first kappa shape index (κ1) is 19.2. The molecule has 1 heterocycles. The van der Waals surface area contributed by atoms with E-state index in [2.05, 4.69) is 10.2 Å². The van der Waals surface area contributed by atoms with E-state index >= 15 is 0 Å². The van der Waals surface area contributed by atoms with Crippen molar-refractivity contribution < 1.29 is 9.18 Å². The number of H-pyrrole nitrogens is 1. The van der Waals surface area contributed by atoms with Gasteiger partial charge in [-0.05, 0) is 31.0 Å². The maximum atomic E-state index is 13.0. The molecule has 25 heavy (non-hydrogen) atoms. The highest BCUT2D eigenvalue weighted by Crippen LogP contribution is 2.21. The van der Waals surface area contributed by atoms with Crippen molar-refractivity contribution in [1.82, 2.24) is 19.7 Å². The molecule has 0 saturated carbocycles. The van der Waals surface area contributed by atoms with Crippen molar-refractivity contribution in [2.45, 2.75) is 44.4 Å². The number of rotatable bonds is 8. The maximum absolute atomic E-state index is 13.0. The number of hydrogen-bond acceptors (Lipinski definition) is 4. The molecule has 0 saturated heterocycles. The molecule has 0 bridgehead atoms. The summed E-state index contributed by atoms with van der Waals surface area (Å²) in [7, 11) is 1.71. The van der Waals surface area contributed by atoms with Gasteiger partial charge in [0.25, 0.3) is 0 Å². The molecule has 2 rings (SSSR count). The summed E-state index contributed by atoms with van der Waals surface area (Å²) in [6, 6.07) is 5.94. The molecule has 6 nitrogen and oxygen atoms in total. The summed E-state index contributed by atoms with van der Waals surface area (Å²) < 4.78 is 14.6. The van der Waals surface area contributed by atoms with Crippen LogP contribution in [0.4, 0.5) is 4.39 Å². The van der Waals surface area contributed by atoms with Gasteiger partial charge in [-0.15, -0.1) is 5.10 Å². The molecule has 0 aliphatic carbocycles. The van der Waals surface area contributed by atoms with E-state index in [4.69, 9.17) is 0 Å². The normalized spacial score (nSPS) is 12.2. The Balaban J connectivity index is 1.97. The van der Waals surface area contributed by atoms with Crippen LogP contribution in [0.2, 0.25) is 0 Å². The van der Waals surface area contributed by atoms with E-state index in [0.717, 1.165) is 18.4 Å². The number of unbranched alkanes of at least 4 members (excludes halogenated alkanes) is 1. The Labute approximate surface area is 150 Å². The predicted molar refractivity (Wildman–Crippen MR) is 96.1 cm³/mol. The lowest BCUT2D eigenvalue weighted by molar-refractivity contribution is -0.128. The van der Waals surface area contributed by atoms with Crippen molar-refractivity contribution in [2.24, 2.45) is 0 Å². The van der Waals surface area contributed by atoms with Crippen LogP contribution < -0.4 is 5.69 Å². The molecule has 1 atom stereocenters. The van der Waals surface area contributed by atoms with Crippen molar-refractivity contribution in [3.63, 3.8) is 0 Å². The molecule has 0 spiro atoms. The molecule has 2 aromatic rings. The molecule has 1 unspecified atom stereocenters. The van der Waals surface area contributed by atoms with Gasteiger partial charge in [-0.2, -0.15) is 0 Å². The van der Waals surface area contributed by atoms with E-state index in [1.165, 1.54) is 23.9 Å². The minimum Gasteiger partial charge on any atom is -0.338 e. The third-order valence-electron chi connectivity index (χ3n) is 4.11. The van der Waals surface area contributed by atoms with Gasteiger partial charge in [0, 0.05) is 13.6 Å². The van der Waals surface area contributed by atoms with E-state index in [-0.39, 0.29) is 29.2 Å². The number of hydrogen-bond donors (Lipinski definition) is 1. The zero-order valence-corrected chi connectivity index (χ0v) is 15.5. The van der Waals surface area contributed by atoms with Gasteiger partial charge in [0.15, 0.2) is 5.16 Å². The largest absolute Gasteiger partial charge is 0.343 e. The highest BCUT2D eigenvalue weighted by molar-refractivity contribution is 7.99. The second-order valence-electron chi connectivity index (χ2n) is 5.84. The number of aromatic nitrogens is 3. The van der Waals surface area contributed by atoms with Crippen LogP contribution in [-0.2, 0) is 11.3 Å². The topological polar surface area (TPSA) is 71.0 Å². The Bertz CT molecular complexity index is 757. The van der Waals surface area contributed by atoms with Crippen LogP contribution in [0.5, 0.6) is 0 Å².